The number of benzene rings is 2. The predicted molar refractivity (Wildman–Crippen MR) is 80.2 cm³/mol. The molecule has 2 aromatic carbocycles. The van der Waals surface area contributed by atoms with E-state index in [0.717, 1.165) is 16.9 Å². The van der Waals surface area contributed by atoms with E-state index in [2.05, 4.69) is 0 Å². The van der Waals surface area contributed by atoms with Crippen molar-refractivity contribution >= 4 is 5.97 Å². The van der Waals surface area contributed by atoms with Gasteiger partial charge in [0.25, 0.3) is 0 Å². The van der Waals surface area contributed by atoms with E-state index in [1.165, 1.54) is 0 Å². The molecular weight excluding hydrogens is 268 g/mol. The minimum Gasteiger partial charge on any atom is -0.496 e. The van der Waals surface area contributed by atoms with Crippen LogP contribution in [0.1, 0.15) is 27.0 Å². The topological polar surface area (TPSA) is 55.8 Å². The second kappa shape index (κ2) is 6.31. The molecule has 0 saturated heterocycles. The average molecular weight is 286 g/mol. The summed E-state index contributed by atoms with van der Waals surface area (Å²) >= 11 is 0. The first-order chi connectivity index (χ1) is 10.0. The summed E-state index contributed by atoms with van der Waals surface area (Å²) in [5.74, 6) is 0.372. The van der Waals surface area contributed by atoms with Crippen LogP contribution in [0.5, 0.6) is 11.5 Å². The molecule has 0 bridgehead atoms. The van der Waals surface area contributed by atoms with Crippen molar-refractivity contribution in [2.75, 3.05) is 7.11 Å². The van der Waals surface area contributed by atoms with Crippen molar-refractivity contribution in [3.8, 4) is 11.5 Å². The second-order valence-corrected chi connectivity index (χ2v) is 4.84. The fourth-order valence-corrected chi connectivity index (χ4v) is 2.18. The van der Waals surface area contributed by atoms with Gasteiger partial charge in [0.05, 0.1) is 12.7 Å². The fraction of sp³-hybridized carbons (Fsp3) is 0.235. The molecule has 0 radical (unpaired) electrons. The summed E-state index contributed by atoms with van der Waals surface area (Å²) in [4.78, 5) is 11.1. The summed E-state index contributed by atoms with van der Waals surface area (Å²) in [5.41, 5.74) is 2.92. The van der Waals surface area contributed by atoms with E-state index in [4.69, 9.17) is 14.6 Å². The number of carboxylic acids is 1. The number of aromatic carboxylic acids is 1. The number of methoxy groups -OCH3 is 1. The van der Waals surface area contributed by atoms with E-state index in [1.54, 1.807) is 32.2 Å². The van der Waals surface area contributed by atoms with Gasteiger partial charge in [-0.25, -0.2) is 4.79 Å². The first kappa shape index (κ1) is 14.9. The van der Waals surface area contributed by atoms with E-state index in [1.807, 2.05) is 25.1 Å². The summed E-state index contributed by atoms with van der Waals surface area (Å²) in [7, 11) is 1.62. The Kier molecular flexibility index (Phi) is 4.48. The molecule has 0 heterocycles. The van der Waals surface area contributed by atoms with Crippen molar-refractivity contribution in [2.24, 2.45) is 0 Å². The number of aryl methyl sites for hydroxylation is 1. The van der Waals surface area contributed by atoms with Gasteiger partial charge in [-0.05, 0) is 38.1 Å². The Morgan fingerprint density at radius 2 is 1.90 bits per heavy atom. The highest BCUT2D eigenvalue weighted by atomic mass is 16.5. The zero-order chi connectivity index (χ0) is 15.4. The predicted octanol–water partition coefficient (Wildman–Crippen LogP) is 3.59. The molecule has 0 unspecified atom stereocenters. The van der Waals surface area contributed by atoms with E-state index >= 15 is 0 Å². The van der Waals surface area contributed by atoms with Crippen LogP contribution in [0, 0.1) is 13.8 Å². The van der Waals surface area contributed by atoms with E-state index in [9.17, 15) is 4.79 Å². The van der Waals surface area contributed by atoms with E-state index < -0.39 is 5.97 Å². The SMILES string of the molecule is COc1ccc(C)cc1COc1cccc(C(=O)O)c1C. The number of rotatable bonds is 5. The molecule has 0 aromatic heterocycles. The lowest BCUT2D eigenvalue weighted by Gasteiger charge is -2.13. The number of hydrogen-bond donors (Lipinski definition) is 1. The lowest BCUT2D eigenvalue weighted by molar-refractivity contribution is 0.0695. The largest absolute Gasteiger partial charge is 0.496 e. The Bertz CT molecular complexity index is 662. The van der Waals surface area contributed by atoms with Crippen molar-refractivity contribution in [1.29, 1.82) is 0 Å². The van der Waals surface area contributed by atoms with Crippen molar-refractivity contribution < 1.29 is 19.4 Å². The third-order valence-electron chi connectivity index (χ3n) is 3.33. The lowest BCUT2D eigenvalue weighted by Crippen LogP contribution is -2.04. The highest BCUT2D eigenvalue weighted by molar-refractivity contribution is 5.90. The maximum Gasteiger partial charge on any atom is 0.336 e. The molecule has 0 spiro atoms. The minimum absolute atomic E-state index is 0.253. The fourth-order valence-electron chi connectivity index (χ4n) is 2.18. The van der Waals surface area contributed by atoms with Gasteiger partial charge in [0.1, 0.15) is 18.1 Å². The molecule has 2 aromatic rings. The van der Waals surface area contributed by atoms with Crippen LogP contribution in [0.4, 0.5) is 0 Å². The standard InChI is InChI=1S/C17H18O4/c1-11-7-8-16(20-3)13(9-11)10-21-15-6-4-5-14(12(15)2)17(18)19/h4-9H,10H2,1-3H3,(H,18,19). The summed E-state index contributed by atoms with van der Waals surface area (Å²) < 4.78 is 11.1. The molecule has 0 aliphatic rings. The van der Waals surface area contributed by atoms with Crippen LogP contribution < -0.4 is 9.47 Å². The lowest BCUT2D eigenvalue weighted by atomic mass is 10.1. The van der Waals surface area contributed by atoms with Crippen molar-refractivity contribution in [3.05, 3.63) is 58.7 Å². The molecule has 2 rings (SSSR count). The quantitative estimate of drug-likeness (QED) is 0.912. The molecular formula is C17H18O4. The number of carbonyl (C=O) groups is 1. The molecule has 0 atom stereocenters. The third kappa shape index (κ3) is 3.34. The van der Waals surface area contributed by atoms with E-state index in [-0.39, 0.29) is 5.56 Å². The van der Waals surface area contributed by atoms with Crippen LogP contribution in [0.15, 0.2) is 36.4 Å². The molecule has 0 aliphatic carbocycles. The van der Waals surface area contributed by atoms with Crippen LogP contribution in [-0.4, -0.2) is 18.2 Å². The maximum atomic E-state index is 11.1. The number of hydrogen-bond acceptors (Lipinski definition) is 3. The van der Waals surface area contributed by atoms with Gasteiger partial charge in [0.15, 0.2) is 0 Å². The Hall–Kier alpha value is -2.49. The molecule has 0 aliphatic heterocycles. The van der Waals surface area contributed by atoms with Crippen molar-refractivity contribution in [3.63, 3.8) is 0 Å². The van der Waals surface area contributed by atoms with Gasteiger partial charge < -0.3 is 14.6 Å². The van der Waals surface area contributed by atoms with Gasteiger partial charge in [0, 0.05) is 11.1 Å². The second-order valence-electron chi connectivity index (χ2n) is 4.84. The van der Waals surface area contributed by atoms with Gasteiger partial charge in [-0.15, -0.1) is 0 Å². The smallest absolute Gasteiger partial charge is 0.336 e. The van der Waals surface area contributed by atoms with Crippen LogP contribution >= 0.6 is 0 Å². The van der Waals surface area contributed by atoms with Crippen LogP contribution in [0.25, 0.3) is 0 Å². The monoisotopic (exact) mass is 286 g/mol. The number of carboxylic acid groups (broad SMARTS) is 1. The van der Waals surface area contributed by atoms with Crippen LogP contribution in [0.3, 0.4) is 0 Å². The van der Waals surface area contributed by atoms with Crippen LogP contribution in [0.2, 0.25) is 0 Å². The molecule has 0 saturated carbocycles. The highest BCUT2D eigenvalue weighted by Gasteiger charge is 2.12. The number of ether oxygens (including phenoxy) is 2. The zero-order valence-corrected chi connectivity index (χ0v) is 12.3. The third-order valence-corrected chi connectivity index (χ3v) is 3.33. The maximum absolute atomic E-state index is 11.1. The Balaban J connectivity index is 2.23. The summed E-state index contributed by atoms with van der Waals surface area (Å²) in [6, 6.07) is 10.9. The molecule has 0 amide bonds. The Morgan fingerprint density at radius 1 is 1.14 bits per heavy atom. The molecule has 4 heteroatoms. The average Bonchev–Trinajstić information content (AvgIpc) is 2.46. The van der Waals surface area contributed by atoms with Gasteiger partial charge in [-0.1, -0.05) is 17.7 Å². The minimum atomic E-state index is -0.953. The highest BCUT2D eigenvalue weighted by Crippen LogP contribution is 2.25. The normalized spacial score (nSPS) is 10.2. The molecule has 21 heavy (non-hydrogen) atoms. The van der Waals surface area contributed by atoms with Gasteiger partial charge in [-0.2, -0.15) is 0 Å². The molecule has 110 valence electrons. The van der Waals surface area contributed by atoms with Gasteiger partial charge >= 0.3 is 5.97 Å². The van der Waals surface area contributed by atoms with Gasteiger partial charge in [-0.3, -0.25) is 0 Å². The van der Waals surface area contributed by atoms with Crippen molar-refractivity contribution in [2.45, 2.75) is 20.5 Å². The summed E-state index contributed by atoms with van der Waals surface area (Å²) in [6.07, 6.45) is 0. The van der Waals surface area contributed by atoms with Crippen LogP contribution in [-0.2, 0) is 6.61 Å². The first-order valence-corrected chi connectivity index (χ1v) is 6.62. The zero-order valence-electron chi connectivity index (χ0n) is 12.3. The molecule has 0 fully saturated rings. The first-order valence-electron chi connectivity index (χ1n) is 6.62. The Morgan fingerprint density at radius 3 is 2.57 bits per heavy atom. The molecule has 1 N–H and O–H groups in total. The molecule has 4 nitrogen and oxygen atoms in total. The summed E-state index contributed by atoms with van der Waals surface area (Å²) in [5, 5.41) is 9.12. The summed E-state index contributed by atoms with van der Waals surface area (Å²) in [6.45, 7) is 4.07. The Labute approximate surface area is 123 Å². The van der Waals surface area contributed by atoms with Crippen molar-refractivity contribution in [1.82, 2.24) is 0 Å². The van der Waals surface area contributed by atoms with E-state index in [0.29, 0.717) is 17.9 Å². The van der Waals surface area contributed by atoms with Gasteiger partial charge in [0.2, 0.25) is 0 Å².